The van der Waals surface area contributed by atoms with Crippen molar-refractivity contribution in [2.45, 2.75) is 39.5 Å². The number of rotatable bonds is 1. The number of allylic oxidation sites excluding steroid dienone is 1. The minimum atomic E-state index is -0.295. The summed E-state index contributed by atoms with van der Waals surface area (Å²) in [7, 11) is 0. The van der Waals surface area contributed by atoms with E-state index in [1.54, 1.807) is 0 Å². The van der Waals surface area contributed by atoms with Gasteiger partial charge in [0.15, 0.2) is 0 Å². The molecule has 18 heavy (non-hydrogen) atoms. The molecule has 0 amide bonds. The number of hydrogen-bond donors (Lipinski definition) is 0. The topological polar surface area (TPSA) is 12.4 Å². The van der Waals surface area contributed by atoms with E-state index in [0.29, 0.717) is 6.42 Å². The lowest BCUT2D eigenvalue weighted by Gasteiger charge is -2.22. The molecule has 0 spiro atoms. The van der Waals surface area contributed by atoms with Crippen molar-refractivity contribution < 1.29 is 4.39 Å². The van der Waals surface area contributed by atoms with E-state index >= 15 is 0 Å². The molecule has 0 bridgehead atoms. The molecule has 2 aliphatic rings. The summed E-state index contributed by atoms with van der Waals surface area (Å²) in [6.45, 7) is 4.18. The summed E-state index contributed by atoms with van der Waals surface area (Å²) >= 11 is 0. The third-order valence-corrected chi connectivity index (χ3v) is 4.00. The van der Waals surface area contributed by atoms with Crippen molar-refractivity contribution in [3.63, 3.8) is 0 Å². The zero-order chi connectivity index (χ0) is 12.7. The molecule has 1 aliphatic heterocycles. The Morgan fingerprint density at radius 1 is 1.28 bits per heavy atom. The van der Waals surface area contributed by atoms with Gasteiger partial charge in [0, 0.05) is 17.7 Å². The van der Waals surface area contributed by atoms with Gasteiger partial charge in [-0.1, -0.05) is 25.1 Å². The van der Waals surface area contributed by atoms with Crippen molar-refractivity contribution in [2.24, 2.45) is 10.9 Å². The molecule has 1 heterocycles. The molecule has 1 unspecified atom stereocenters. The Bertz CT molecular complexity index is 554. The highest BCUT2D eigenvalue weighted by Crippen LogP contribution is 2.33. The largest absolute Gasteiger partial charge is 0.229 e. The monoisotopic (exact) mass is 243 g/mol. The maximum Gasteiger partial charge on any atom is 0.216 e. The lowest BCUT2D eigenvalue weighted by Crippen LogP contribution is -2.11. The Hall–Kier alpha value is -1.44. The highest BCUT2D eigenvalue weighted by Gasteiger charge is 2.20. The third-order valence-electron chi connectivity index (χ3n) is 4.00. The van der Waals surface area contributed by atoms with Crippen molar-refractivity contribution in [3.05, 3.63) is 40.8 Å². The van der Waals surface area contributed by atoms with Gasteiger partial charge in [-0.3, -0.25) is 0 Å². The fourth-order valence-corrected chi connectivity index (χ4v) is 2.95. The summed E-state index contributed by atoms with van der Waals surface area (Å²) in [5.41, 5.74) is 5.48. The first kappa shape index (κ1) is 11.6. The first-order chi connectivity index (χ1) is 8.63. The molecule has 1 nitrogen and oxygen atoms in total. The van der Waals surface area contributed by atoms with Crippen LogP contribution in [-0.2, 0) is 12.8 Å². The molecule has 3 rings (SSSR count). The second-order valence-electron chi connectivity index (χ2n) is 5.62. The Balaban J connectivity index is 1.95. The average molecular weight is 243 g/mol. The Kier molecular flexibility index (Phi) is 2.81. The maximum absolute atomic E-state index is 13.7. The normalized spacial score (nSPS) is 23.1. The molecule has 0 saturated heterocycles. The average Bonchev–Trinajstić information content (AvgIpc) is 2.68. The predicted molar refractivity (Wildman–Crippen MR) is 73.4 cm³/mol. The fraction of sp³-hybridized carbons (Fsp3) is 0.438. The van der Waals surface area contributed by atoms with Gasteiger partial charge >= 0.3 is 0 Å². The van der Waals surface area contributed by atoms with Crippen LogP contribution in [0.25, 0.3) is 5.57 Å². The molecule has 1 aliphatic carbocycles. The number of hydrogen-bond acceptors (Lipinski definition) is 1. The first-order valence-electron chi connectivity index (χ1n) is 6.68. The van der Waals surface area contributed by atoms with E-state index in [1.165, 1.54) is 17.5 Å². The van der Waals surface area contributed by atoms with E-state index in [2.05, 4.69) is 30.1 Å². The third kappa shape index (κ3) is 2.00. The Morgan fingerprint density at radius 3 is 2.83 bits per heavy atom. The van der Waals surface area contributed by atoms with Gasteiger partial charge in [-0.15, -0.1) is 0 Å². The molecule has 1 aromatic rings. The molecule has 0 saturated carbocycles. The molecular weight excluding hydrogens is 225 g/mol. The minimum Gasteiger partial charge on any atom is -0.229 e. The summed E-state index contributed by atoms with van der Waals surface area (Å²) in [4.78, 5) is 3.90. The van der Waals surface area contributed by atoms with Crippen LogP contribution in [-0.4, -0.2) is 5.71 Å². The molecule has 1 atom stereocenters. The van der Waals surface area contributed by atoms with Crippen LogP contribution in [0.2, 0.25) is 0 Å². The molecule has 94 valence electrons. The van der Waals surface area contributed by atoms with E-state index in [-0.39, 0.29) is 5.95 Å². The predicted octanol–water partition coefficient (Wildman–Crippen LogP) is 4.31. The fourth-order valence-electron chi connectivity index (χ4n) is 2.95. The number of halogens is 1. The summed E-state index contributed by atoms with van der Waals surface area (Å²) in [6, 6.07) is 6.40. The van der Waals surface area contributed by atoms with Gasteiger partial charge in [0.1, 0.15) is 0 Å². The summed E-state index contributed by atoms with van der Waals surface area (Å²) < 4.78 is 13.7. The summed E-state index contributed by atoms with van der Waals surface area (Å²) in [5.74, 6) is 0.480. The maximum atomic E-state index is 13.7. The SMILES string of the molecule is CC1=NC(F)=C(c2ccc3c(c2)CCC(C)C3)C1. The standard InChI is InChI=1S/C16H18FN/c1-10-3-4-13-9-14(6-5-12(13)7-10)15-8-11(2)18-16(15)17/h5-6,9-10H,3-4,7-8H2,1-2H3. The second-order valence-corrected chi connectivity index (χ2v) is 5.62. The molecule has 0 radical (unpaired) electrons. The number of aliphatic imine (C=N–C) groups is 1. The summed E-state index contributed by atoms with van der Waals surface area (Å²) in [6.07, 6.45) is 4.18. The summed E-state index contributed by atoms with van der Waals surface area (Å²) in [5, 5.41) is 0. The van der Waals surface area contributed by atoms with Gasteiger partial charge in [-0.05, 0) is 48.8 Å². The van der Waals surface area contributed by atoms with Crippen molar-refractivity contribution in [3.8, 4) is 0 Å². The van der Waals surface area contributed by atoms with Crippen molar-refractivity contribution in [1.29, 1.82) is 0 Å². The number of aryl methyl sites for hydroxylation is 1. The van der Waals surface area contributed by atoms with Gasteiger partial charge in [0.25, 0.3) is 0 Å². The number of fused-ring (bicyclic) bond motifs is 1. The molecule has 1 aromatic carbocycles. The Morgan fingerprint density at radius 2 is 2.11 bits per heavy atom. The van der Waals surface area contributed by atoms with Crippen LogP contribution in [0, 0.1) is 5.92 Å². The van der Waals surface area contributed by atoms with Crippen LogP contribution in [0.15, 0.2) is 29.1 Å². The molecule has 2 heteroatoms. The van der Waals surface area contributed by atoms with Crippen LogP contribution >= 0.6 is 0 Å². The van der Waals surface area contributed by atoms with Crippen LogP contribution in [0.4, 0.5) is 4.39 Å². The van der Waals surface area contributed by atoms with Crippen LogP contribution < -0.4 is 0 Å². The molecule has 0 aromatic heterocycles. The number of benzene rings is 1. The highest BCUT2D eigenvalue weighted by molar-refractivity contribution is 5.97. The second kappa shape index (κ2) is 4.34. The quantitative estimate of drug-likeness (QED) is 0.652. The van der Waals surface area contributed by atoms with E-state index < -0.39 is 0 Å². The van der Waals surface area contributed by atoms with E-state index in [9.17, 15) is 4.39 Å². The zero-order valence-electron chi connectivity index (χ0n) is 11.0. The van der Waals surface area contributed by atoms with Gasteiger partial charge in [0.2, 0.25) is 5.95 Å². The van der Waals surface area contributed by atoms with Crippen molar-refractivity contribution in [2.75, 3.05) is 0 Å². The lowest BCUT2D eigenvalue weighted by atomic mass is 9.83. The van der Waals surface area contributed by atoms with E-state index in [1.807, 2.05) is 6.92 Å². The Labute approximate surface area is 107 Å². The van der Waals surface area contributed by atoms with Gasteiger partial charge in [-0.25, -0.2) is 4.99 Å². The van der Waals surface area contributed by atoms with E-state index in [4.69, 9.17) is 0 Å². The van der Waals surface area contributed by atoms with Gasteiger partial charge < -0.3 is 0 Å². The van der Waals surface area contributed by atoms with E-state index in [0.717, 1.165) is 35.6 Å². The van der Waals surface area contributed by atoms with Crippen LogP contribution in [0.1, 0.15) is 43.4 Å². The van der Waals surface area contributed by atoms with Gasteiger partial charge in [-0.2, -0.15) is 4.39 Å². The minimum absolute atomic E-state index is 0.295. The smallest absolute Gasteiger partial charge is 0.216 e. The van der Waals surface area contributed by atoms with Crippen LogP contribution in [0.5, 0.6) is 0 Å². The molecule has 0 N–H and O–H groups in total. The number of nitrogens with zero attached hydrogens (tertiary/aromatic N) is 1. The molecular formula is C16H18FN. The molecule has 0 fully saturated rings. The highest BCUT2D eigenvalue weighted by atomic mass is 19.1. The van der Waals surface area contributed by atoms with Gasteiger partial charge in [0.05, 0.1) is 0 Å². The lowest BCUT2D eigenvalue weighted by molar-refractivity contribution is 0.501. The van der Waals surface area contributed by atoms with Crippen LogP contribution in [0.3, 0.4) is 0 Å². The zero-order valence-corrected chi connectivity index (χ0v) is 11.0. The van der Waals surface area contributed by atoms with Crippen molar-refractivity contribution >= 4 is 11.3 Å². The first-order valence-corrected chi connectivity index (χ1v) is 6.68. The van der Waals surface area contributed by atoms with Crippen molar-refractivity contribution in [1.82, 2.24) is 0 Å².